The second kappa shape index (κ2) is 8.99. The van der Waals surface area contributed by atoms with Gasteiger partial charge >= 0.3 is 0 Å². The minimum atomic E-state index is 0.168. The number of carbonyl (C=O) groups excluding carboxylic acids is 1. The van der Waals surface area contributed by atoms with Gasteiger partial charge < -0.3 is 4.90 Å². The molecule has 5 heteroatoms. The molecule has 2 aromatic rings. The van der Waals surface area contributed by atoms with Crippen LogP contribution in [0.3, 0.4) is 0 Å². The Hall–Kier alpha value is -1.69. The van der Waals surface area contributed by atoms with E-state index in [0.717, 1.165) is 67.8 Å². The molecule has 2 aliphatic heterocycles. The summed E-state index contributed by atoms with van der Waals surface area (Å²) in [4.78, 5) is 20.1. The fourth-order valence-corrected chi connectivity index (χ4v) is 4.67. The van der Waals surface area contributed by atoms with Crippen LogP contribution in [-0.2, 0) is 6.54 Å². The summed E-state index contributed by atoms with van der Waals surface area (Å²) >= 11 is 3.52. The molecule has 0 bridgehead atoms. The summed E-state index contributed by atoms with van der Waals surface area (Å²) in [6.07, 6.45) is 1.08. The first kappa shape index (κ1) is 20.6. The number of nitrogens with zero attached hydrogens (tertiary/aromatic N) is 3. The largest absolute Gasteiger partial charge is 0.337 e. The molecule has 0 saturated carbocycles. The van der Waals surface area contributed by atoms with Gasteiger partial charge in [-0.05, 0) is 49.6 Å². The normalized spacial score (nSPS) is 20.9. The summed E-state index contributed by atoms with van der Waals surface area (Å²) in [6.45, 7) is 11.3. The van der Waals surface area contributed by atoms with Crippen molar-refractivity contribution in [1.29, 1.82) is 0 Å². The first-order chi connectivity index (χ1) is 14.0. The molecule has 1 atom stereocenters. The molecule has 4 nitrogen and oxygen atoms in total. The molecule has 2 aliphatic rings. The smallest absolute Gasteiger partial charge is 0.253 e. The standard InChI is InChI=1S/C24H30BrN3O/c1-18-3-5-20(6-4-18)16-26-11-13-27(14-12-26)22-9-10-28(17-22)24(29)21-7-8-23(25)19(2)15-21/h3-8,15,22H,9-14,16-17H2,1-2H3. The molecular weight excluding hydrogens is 426 g/mol. The molecule has 154 valence electrons. The van der Waals surface area contributed by atoms with E-state index >= 15 is 0 Å². The highest BCUT2D eigenvalue weighted by Crippen LogP contribution is 2.22. The lowest BCUT2D eigenvalue weighted by Gasteiger charge is -2.38. The Bertz CT molecular complexity index is 859. The van der Waals surface area contributed by atoms with E-state index in [1.165, 1.54) is 11.1 Å². The number of benzene rings is 2. The SMILES string of the molecule is Cc1ccc(CN2CCN(C3CCN(C(=O)c4ccc(Br)c(C)c4)C3)CC2)cc1. The number of halogens is 1. The maximum atomic E-state index is 12.9. The Morgan fingerprint density at radius 1 is 1.00 bits per heavy atom. The Kier molecular flexibility index (Phi) is 6.38. The van der Waals surface area contributed by atoms with Gasteiger partial charge in [-0.2, -0.15) is 0 Å². The molecule has 1 unspecified atom stereocenters. The van der Waals surface area contributed by atoms with Gasteiger partial charge in [0, 0.05) is 61.9 Å². The second-order valence-electron chi connectivity index (χ2n) is 8.46. The molecular formula is C24H30BrN3O. The molecule has 2 saturated heterocycles. The third-order valence-electron chi connectivity index (χ3n) is 6.31. The van der Waals surface area contributed by atoms with Gasteiger partial charge in [0.15, 0.2) is 0 Å². The number of piperazine rings is 1. The van der Waals surface area contributed by atoms with Crippen LogP contribution in [0.15, 0.2) is 46.9 Å². The van der Waals surface area contributed by atoms with Crippen LogP contribution in [0.2, 0.25) is 0 Å². The van der Waals surface area contributed by atoms with Crippen LogP contribution in [-0.4, -0.2) is 65.9 Å². The van der Waals surface area contributed by atoms with Crippen LogP contribution >= 0.6 is 15.9 Å². The minimum Gasteiger partial charge on any atom is -0.337 e. The number of hydrogen-bond donors (Lipinski definition) is 0. The highest BCUT2D eigenvalue weighted by atomic mass is 79.9. The van der Waals surface area contributed by atoms with Gasteiger partial charge in [-0.25, -0.2) is 0 Å². The molecule has 0 spiro atoms. The summed E-state index contributed by atoms with van der Waals surface area (Å²) in [7, 11) is 0. The Morgan fingerprint density at radius 3 is 2.41 bits per heavy atom. The van der Waals surface area contributed by atoms with Crippen molar-refractivity contribution >= 4 is 21.8 Å². The van der Waals surface area contributed by atoms with Crippen molar-refractivity contribution in [1.82, 2.24) is 14.7 Å². The van der Waals surface area contributed by atoms with Crippen LogP contribution in [0.25, 0.3) is 0 Å². The molecule has 2 fully saturated rings. The van der Waals surface area contributed by atoms with Gasteiger partial charge in [0.2, 0.25) is 0 Å². The van der Waals surface area contributed by atoms with E-state index in [9.17, 15) is 4.79 Å². The topological polar surface area (TPSA) is 26.8 Å². The van der Waals surface area contributed by atoms with Crippen molar-refractivity contribution in [2.75, 3.05) is 39.3 Å². The summed E-state index contributed by atoms with van der Waals surface area (Å²) in [6, 6.07) is 15.3. The number of aryl methyl sites for hydroxylation is 2. The zero-order valence-electron chi connectivity index (χ0n) is 17.4. The van der Waals surface area contributed by atoms with Crippen molar-refractivity contribution in [2.24, 2.45) is 0 Å². The second-order valence-corrected chi connectivity index (χ2v) is 9.31. The quantitative estimate of drug-likeness (QED) is 0.694. The lowest BCUT2D eigenvalue weighted by Crippen LogP contribution is -2.50. The predicted molar refractivity (Wildman–Crippen MR) is 121 cm³/mol. The number of likely N-dealkylation sites (tertiary alicyclic amines) is 1. The third kappa shape index (κ3) is 4.90. The van der Waals surface area contributed by atoms with Crippen molar-refractivity contribution < 1.29 is 4.79 Å². The average molecular weight is 456 g/mol. The van der Waals surface area contributed by atoms with E-state index in [4.69, 9.17) is 0 Å². The van der Waals surface area contributed by atoms with Gasteiger partial charge in [0.1, 0.15) is 0 Å². The molecule has 0 N–H and O–H groups in total. The van der Waals surface area contributed by atoms with E-state index in [1.807, 2.05) is 30.0 Å². The van der Waals surface area contributed by atoms with Crippen LogP contribution < -0.4 is 0 Å². The van der Waals surface area contributed by atoms with Crippen molar-refractivity contribution in [2.45, 2.75) is 32.9 Å². The molecule has 0 radical (unpaired) electrons. The molecule has 4 rings (SSSR count). The molecule has 29 heavy (non-hydrogen) atoms. The average Bonchev–Trinajstić information content (AvgIpc) is 3.22. The van der Waals surface area contributed by atoms with Crippen LogP contribution in [0.5, 0.6) is 0 Å². The van der Waals surface area contributed by atoms with Crippen LogP contribution in [0.4, 0.5) is 0 Å². The first-order valence-electron chi connectivity index (χ1n) is 10.6. The molecule has 0 aliphatic carbocycles. The highest BCUT2D eigenvalue weighted by molar-refractivity contribution is 9.10. The summed E-state index contributed by atoms with van der Waals surface area (Å²) in [5.41, 5.74) is 4.62. The lowest BCUT2D eigenvalue weighted by molar-refractivity contribution is 0.0734. The maximum absolute atomic E-state index is 12.9. The first-order valence-corrected chi connectivity index (χ1v) is 11.4. The zero-order chi connectivity index (χ0) is 20.4. The monoisotopic (exact) mass is 455 g/mol. The van der Waals surface area contributed by atoms with Crippen LogP contribution in [0, 0.1) is 13.8 Å². The fourth-order valence-electron chi connectivity index (χ4n) is 4.42. The number of hydrogen-bond acceptors (Lipinski definition) is 3. The van der Waals surface area contributed by atoms with Gasteiger partial charge in [-0.1, -0.05) is 45.8 Å². The van der Waals surface area contributed by atoms with Crippen LogP contribution in [0.1, 0.15) is 33.5 Å². The summed E-state index contributed by atoms with van der Waals surface area (Å²) in [5.74, 6) is 0.168. The lowest BCUT2D eigenvalue weighted by atomic mass is 10.1. The minimum absolute atomic E-state index is 0.168. The summed E-state index contributed by atoms with van der Waals surface area (Å²) < 4.78 is 1.05. The molecule has 0 aromatic heterocycles. The highest BCUT2D eigenvalue weighted by Gasteiger charge is 2.32. The van der Waals surface area contributed by atoms with E-state index in [-0.39, 0.29) is 5.91 Å². The maximum Gasteiger partial charge on any atom is 0.253 e. The van der Waals surface area contributed by atoms with E-state index in [2.05, 4.69) is 56.9 Å². The number of carbonyl (C=O) groups is 1. The molecule has 2 aromatic carbocycles. The van der Waals surface area contributed by atoms with Crippen molar-refractivity contribution in [3.05, 3.63) is 69.2 Å². The third-order valence-corrected chi connectivity index (χ3v) is 7.20. The molecule has 2 heterocycles. The number of amides is 1. The van der Waals surface area contributed by atoms with E-state index < -0.39 is 0 Å². The zero-order valence-corrected chi connectivity index (χ0v) is 19.0. The Labute approximate surface area is 182 Å². The summed E-state index contributed by atoms with van der Waals surface area (Å²) in [5, 5.41) is 0. The van der Waals surface area contributed by atoms with Gasteiger partial charge in [0.25, 0.3) is 5.91 Å². The predicted octanol–water partition coefficient (Wildman–Crippen LogP) is 4.10. The Balaban J connectivity index is 1.28. The molecule has 1 amide bonds. The Morgan fingerprint density at radius 2 is 1.72 bits per heavy atom. The van der Waals surface area contributed by atoms with Gasteiger partial charge in [0.05, 0.1) is 0 Å². The van der Waals surface area contributed by atoms with Crippen molar-refractivity contribution in [3.63, 3.8) is 0 Å². The van der Waals surface area contributed by atoms with Gasteiger partial charge in [-0.15, -0.1) is 0 Å². The van der Waals surface area contributed by atoms with Crippen molar-refractivity contribution in [3.8, 4) is 0 Å². The van der Waals surface area contributed by atoms with E-state index in [0.29, 0.717) is 6.04 Å². The van der Waals surface area contributed by atoms with Gasteiger partial charge in [-0.3, -0.25) is 14.6 Å². The fraction of sp³-hybridized carbons (Fsp3) is 0.458. The number of rotatable bonds is 4. The van der Waals surface area contributed by atoms with E-state index in [1.54, 1.807) is 0 Å².